The lowest BCUT2D eigenvalue weighted by Gasteiger charge is -2.05. The number of benzene rings is 1. The first kappa shape index (κ1) is 14.5. The summed E-state index contributed by atoms with van der Waals surface area (Å²) in [6.45, 7) is 3.93. The molecule has 0 bridgehead atoms. The molecule has 1 aromatic heterocycles. The second-order valence-electron chi connectivity index (χ2n) is 4.55. The van der Waals surface area contributed by atoms with Crippen LogP contribution < -0.4 is 5.32 Å². The van der Waals surface area contributed by atoms with E-state index in [1.165, 1.54) is 11.6 Å². The molecule has 1 amide bonds. The van der Waals surface area contributed by atoms with Gasteiger partial charge in [-0.3, -0.25) is 4.79 Å². The van der Waals surface area contributed by atoms with Gasteiger partial charge in [-0.25, -0.2) is 4.98 Å². The quantitative estimate of drug-likeness (QED) is 0.860. The van der Waals surface area contributed by atoms with E-state index in [0.717, 1.165) is 15.6 Å². The van der Waals surface area contributed by atoms with Crippen molar-refractivity contribution in [3.63, 3.8) is 0 Å². The highest BCUT2D eigenvalue weighted by atomic mass is 79.9. The summed E-state index contributed by atoms with van der Waals surface area (Å²) in [5, 5.41) is 2.76. The van der Waals surface area contributed by atoms with Crippen molar-refractivity contribution in [2.75, 3.05) is 5.32 Å². The average molecular weight is 331 g/mol. The molecule has 0 radical (unpaired) electrons. The van der Waals surface area contributed by atoms with E-state index in [1.54, 1.807) is 12.3 Å². The zero-order valence-corrected chi connectivity index (χ0v) is 12.9. The second-order valence-corrected chi connectivity index (χ2v) is 5.47. The van der Waals surface area contributed by atoms with E-state index in [1.807, 2.05) is 44.2 Å². The van der Waals surface area contributed by atoms with Crippen molar-refractivity contribution in [2.45, 2.75) is 13.8 Å². The molecule has 0 aliphatic heterocycles. The fourth-order valence-corrected chi connectivity index (χ4v) is 2.12. The number of carbonyl (C=O) groups is 1. The Labute approximate surface area is 126 Å². The average Bonchev–Trinajstić information content (AvgIpc) is 2.41. The molecule has 2 rings (SSSR count). The molecule has 1 heterocycles. The van der Waals surface area contributed by atoms with Crippen molar-refractivity contribution in [2.24, 2.45) is 0 Å². The Balaban J connectivity index is 2.03. The van der Waals surface area contributed by atoms with Crippen molar-refractivity contribution in [1.29, 1.82) is 0 Å². The third-order valence-electron chi connectivity index (χ3n) is 2.79. The molecular formula is C16H15BrN2O. The number of hydrogen-bond donors (Lipinski definition) is 1. The first-order chi connectivity index (χ1) is 9.54. The van der Waals surface area contributed by atoms with Gasteiger partial charge >= 0.3 is 0 Å². The lowest BCUT2D eigenvalue weighted by molar-refractivity contribution is -0.111. The normalized spacial score (nSPS) is 10.8. The van der Waals surface area contributed by atoms with E-state index < -0.39 is 0 Å². The molecule has 4 heteroatoms. The Morgan fingerprint density at radius 2 is 1.95 bits per heavy atom. The summed E-state index contributed by atoms with van der Waals surface area (Å²) in [4.78, 5) is 16.0. The van der Waals surface area contributed by atoms with Crippen LogP contribution in [-0.4, -0.2) is 10.9 Å². The van der Waals surface area contributed by atoms with Crippen molar-refractivity contribution in [3.8, 4) is 0 Å². The SMILES string of the molecule is Cc1ccc(/C=C/C(=O)Nc2ncc(Br)cc2C)cc1. The Hall–Kier alpha value is -1.94. The smallest absolute Gasteiger partial charge is 0.249 e. The molecule has 0 atom stereocenters. The first-order valence-corrected chi connectivity index (χ1v) is 7.02. The predicted octanol–water partition coefficient (Wildman–Crippen LogP) is 4.11. The van der Waals surface area contributed by atoms with Crippen molar-refractivity contribution < 1.29 is 4.79 Å². The largest absolute Gasteiger partial charge is 0.307 e. The molecule has 1 N–H and O–H groups in total. The van der Waals surface area contributed by atoms with Crippen LogP contribution in [0.2, 0.25) is 0 Å². The summed E-state index contributed by atoms with van der Waals surface area (Å²) >= 11 is 3.34. The molecular weight excluding hydrogens is 316 g/mol. The van der Waals surface area contributed by atoms with E-state index in [2.05, 4.69) is 26.2 Å². The number of pyridine rings is 1. The standard InChI is InChI=1S/C16H15BrN2O/c1-11-3-5-13(6-4-11)7-8-15(20)19-16-12(2)9-14(17)10-18-16/h3-10H,1-2H3,(H,18,19,20)/b8-7+. The number of nitrogens with one attached hydrogen (secondary N) is 1. The zero-order chi connectivity index (χ0) is 14.5. The van der Waals surface area contributed by atoms with E-state index in [9.17, 15) is 4.79 Å². The number of anilines is 1. The Bertz CT molecular complexity index is 648. The number of aryl methyl sites for hydroxylation is 2. The zero-order valence-electron chi connectivity index (χ0n) is 11.4. The molecule has 0 unspecified atom stereocenters. The number of halogens is 1. The van der Waals surface area contributed by atoms with Gasteiger partial charge in [0.2, 0.25) is 5.91 Å². The third kappa shape index (κ3) is 4.03. The molecule has 20 heavy (non-hydrogen) atoms. The number of hydrogen-bond acceptors (Lipinski definition) is 2. The Kier molecular flexibility index (Phi) is 4.69. The molecule has 0 aliphatic rings. The predicted molar refractivity (Wildman–Crippen MR) is 85.5 cm³/mol. The molecule has 0 aliphatic carbocycles. The van der Waals surface area contributed by atoms with Crippen LogP contribution >= 0.6 is 15.9 Å². The van der Waals surface area contributed by atoms with Gasteiger partial charge < -0.3 is 5.32 Å². The number of nitrogens with zero attached hydrogens (tertiary/aromatic N) is 1. The molecule has 102 valence electrons. The minimum absolute atomic E-state index is 0.191. The summed E-state index contributed by atoms with van der Waals surface area (Å²) in [6, 6.07) is 9.88. The Morgan fingerprint density at radius 1 is 1.25 bits per heavy atom. The van der Waals surface area contributed by atoms with Gasteiger partial charge in [-0.15, -0.1) is 0 Å². The molecule has 1 aromatic carbocycles. The molecule has 0 saturated heterocycles. The van der Waals surface area contributed by atoms with Gasteiger partial charge in [0.15, 0.2) is 0 Å². The highest BCUT2D eigenvalue weighted by molar-refractivity contribution is 9.10. The maximum atomic E-state index is 11.8. The van der Waals surface area contributed by atoms with E-state index in [4.69, 9.17) is 0 Å². The summed E-state index contributed by atoms with van der Waals surface area (Å²) in [5.41, 5.74) is 3.10. The maximum absolute atomic E-state index is 11.8. The van der Waals surface area contributed by atoms with Crippen LogP contribution in [0.1, 0.15) is 16.7 Å². The van der Waals surface area contributed by atoms with Gasteiger partial charge in [-0.1, -0.05) is 29.8 Å². The van der Waals surface area contributed by atoms with Gasteiger partial charge in [0, 0.05) is 16.7 Å². The van der Waals surface area contributed by atoms with Crippen LogP contribution in [0.3, 0.4) is 0 Å². The van der Waals surface area contributed by atoms with Crippen molar-refractivity contribution in [1.82, 2.24) is 4.98 Å². The molecule has 2 aromatic rings. The van der Waals surface area contributed by atoms with Gasteiger partial charge in [0.05, 0.1) is 0 Å². The summed E-state index contributed by atoms with van der Waals surface area (Å²) in [7, 11) is 0. The minimum Gasteiger partial charge on any atom is -0.307 e. The second kappa shape index (κ2) is 6.48. The number of rotatable bonds is 3. The monoisotopic (exact) mass is 330 g/mol. The number of carbonyl (C=O) groups excluding carboxylic acids is 1. The van der Waals surface area contributed by atoms with Crippen LogP contribution in [-0.2, 0) is 4.79 Å². The topological polar surface area (TPSA) is 42.0 Å². The lowest BCUT2D eigenvalue weighted by atomic mass is 10.1. The minimum atomic E-state index is -0.191. The molecule has 0 saturated carbocycles. The fourth-order valence-electron chi connectivity index (χ4n) is 1.68. The van der Waals surface area contributed by atoms with Gasteiger partial charge in [-0.2, -0.15) is 0 Å². The van der Waals surface area contributed by atoms with Crippen molar-refractivity contribution in [3.05, 3.63) is 63.8 Å². The van der Waals surface area contributed by atoms with Gasteiger partial charge in [-0.05, 0) is 53.0 Å². The number of amides is 1. The molecule has 0 fully saturated rings. The van der Waals surface area contributed by atoms with E-state index in [0.29, 0.717) is 5.82 Å². The fraction of sp³-hybridized carbons (Fsp3) is 0.125. The van der Waals surface area contributed by atoms with E-state index in [-0.39, 0.29) is 5.91 Å². The maximum Gasteiger partial charge on any atom is 0.249 e. The van der Waals surface area contributed by atoms with E-state index >= 15 is 0 Å². The molecule has 3 nitrogen and oxygen atoms in total. The highest BCUT2D eigenvalue weighted by Gasteiger charge is 2.03. The summed E-state index contributed by atoms with van der Waals surface area (Å²) in [6.07, 6.45) is 4.95. The molecule has 0 spiro atoms. The van der Waals surface area contributed by atoms with Crippen LogP contribution in [0, 0.1) is 13.8 Å². The number of aromatic nitrogens is 1. The lowest BCUT2D eigenvalue weighted by Crippen LogP contribution is -2.10. The Morgan fingerprint density at radius 3 is 2.60 bits per heavy atom. The first-order valence-electron chi connectivity index (χ1n) is 6.22. The van der Waals surface area contributed by atoms with Crippen molar-refractivity contribution >= 4 is 33.7 Å². The third-order valence-corrected chi connectivity index (χ3v) is 3.22. The van der Waals surface area contributed by atoms with Crippen LogP contribution in [0.4, 0.5) is 5.82 Å². The highest BCUT2D eigenvalue weighted by Crippen LogP contribution is 2.16. The van der Waals surface area contributed by atoms with Crippen LogP contribution in [0.15, 0.2) is 47.1 Å². The van der Waals surface area contributed by atoms with Gasteiger partial charge in [0.1, 0.15) is 5.82 Å². The summed E-state index contributed by atoms with van der Waals surface area (Å²) < 4.78 is 0.892. The van der Waals surface area contributed by atoms with Gasteiger partial charge in [0.25, 0.3) is 0 Å². The van der Waals surface area contributed by atoms with Crippen LogP contribution in [0.5, 0.6) is 0 Å². The van der Waals surface area contributed by atoms with Crippen LogP contribution in [0.25, 0.3) is 6.08 Å². The summed E-state index contributed by atoms with van der Waals surface area (Å²) in [5.74, 6) is 0.384.